The molecule has 0 bridgehead atoms. The van der Waals surface area contributed by atoms with Gasteiger partial charge in [-0.25, -0.2) is 13.4 Å². The number of halogens is 1. The van der Waals surface area contributed by atoms with Gasteiger partial charge in [-0.3, -0.25) is 14.5 Å². The number of carbonyl (C=O) groups is 1. The Labute approximate surface area is 232 Å². The molecule has 0 saturated carbocycles. The first kappa shape index (κ1) is 24.8. The van der Waals surface area contributed by atoms with Gasteiger partial charge in [0.1, 0.15) is 4.90 Å². The fourth-order valence-electron chi connectivity index (χ4n) is 4.54. The molecule has 1 amide bonds. The summed E-state index contributed by atoms with van der Waals surface area (Å²) in [5.41, 5.74) is 1.88. The van der Waals surface area contributed by atoms with Crippen molar-refractivity contribution in [2.45, 2.75) is 4.90 Å². The molecular formula is C27H22BrN5O3S2. The zero-order valence-electron chi connectivity index (χ0n) is 20.0. The van der Waals surface area contributed by atoms with E-state index in [1.807, 2.05) is 24.3 Å². The number of rotatable bonds is 5. The van der Waals surface area contributed by atoms with Gasteiger partial charge < -0.3 is 9.80 Å². The third kappa shape index (κ3) is 4.72. The highest BCUT2D eigenvalue weighted by molar-refractivity contribution is 9.10. The zero-order chi connectivity index (χ0) is 26.3. The predicted octanol–water partition coefficient (Wildman–Crippen LogP) is 5.37. The number of hydrogen-bond donors (Lipinski definition) is 1. The maximum atomic E-state index is 13.5. The summed E-state index contributed by atoms with van der Waals surface area (Å²) in [7, 11) is -3.99. The smallest absolute Gasteiger partial charge is 0.264 e. The van der Waals surface area contributed by atoms with Crippen molar-refractivity contribution in [3.63, 3.8) is 0 Å². The van der Waals surface area contributed by atoms with Gasteiger partial charge in [-0.2, -0.15) is 0 Å². The summed E-state index contributed by atoms with van der Waals surface area (Å²) < 4.78 is 31.5. The van der Waals surface area contributed by atoms with Crippen LogP contribution < -0.4 is 9.62 Å². The van der Waals surface area contributed by atoms with Crippen molar-refractivity contribution >= 4 is 75.1 Å². The van der Waals surface area contributed by atoms with Crippen molar-refractivity contribution in [2.75, 3.05) is 35.8 Å². The highest BCUT2D eigenvalue weighted by atomic mass is 79.9. The first-order chi connectivity index (χ1) is 18.4. The lowest BCUT2D eigenvalue weighted by Crippen LogP contribution is -2.48. The summed E-state index contributed by atoms with van der Waals surface area (Å²) in [5, 5.41) is 1.65. The molecule has 192 valence electrons. The summed E-state index contributed by atoms with van der Waals surface area (Å²) in [5.74, 6) is -0.216. The average Bonchev–Trinajstić information content (AvgIpc) is 3.36. The molecule has 1 fully saturated rings. The molecule has 1 saturated heterocycles. The van der Waals surface area contributed by atoms with Gasteiger partial charge in [0.15, 0.2) is 5.13 Å². The van der Waals surface area contributed by atoms with Crippen LogP contribution >= 0.6 is 27.3 Å². The Hall–Kier alpha value is -3.54. The van der Waals surface area contributed by atoms with Crippen molar-refractivity contribution in [1.29, 1.82) is 0 Å². The van der Waals surface area contributed by atoms with E-state index >= 15 is 0 Å². The van der Waals surface area contributed by atoms with Crippen LogP contribution in [-0.4, -0.2) is 55.4 Å². The number of pyridine rings is 1. The van der Waals surface area contributed by atoms with Gasteiger partial charge in [-0.05, 0) is 42.5 Å². The predicted molar refractivity (Wildman–Crippen MR) is 154 cm³/mol. The summed E-state index contributed by atoms with van der Waals surface area (Å²) >= 11 is 5.14. The Bertz CT molecular complexity index is 1780. The number of piperazine rings is 1. The van der Waals surface area contributed by atoms with Gasteiger partial charge in [0.05, 0.1) is 27.0 Å². The maximum Gasteiger partial charge on any atom is 0.264 e. The Morgan fingerprint density at radius 3 is 2.58 bits per heavy atom. The van der Waals surface area contributed by atoms with E-state index in [0.717, 1.165) is 25.2 Å². The van der Waals surface area contributed by atoms with Gasteiger partial charge in [-0.1, -0.05) is 57.6 Å². The third-order valence-corrected chi connectivity index (χ3v) is 9.43. The van der Waals surface area contributed by atoms with Crippen LogP contribution in [0.3, 0.4) is 0 Å². The molecule has 2 aromatic heterocycles. The molecule has 0 unspecified atom stereocenters. The van der Waals surface area contributed by atoms with Crippen molar-refractivity contribution < 1.29 is 13.2 Å². The molecule has 3 aromatic carbocycles. The van der Waals surface area contributed by atoms with E-state index in [-0.39, 0.29) is 16.5 Å². The zero-order valence-corrected chi connectivity index (χ0v) is 23.3. The van der Waals surface area contributed by atoms with Crippen LogP contribution in [0, 0.1) is 0 Å². The van der Waals surface area contributed by atoms with Gasteiger partial charge in [0, 0.05) is 42.2 Å². The van der Waals surface area contributed by atoms with Gasteiger partial charge in [0.25, 0.3) is 15.9 Å². The molecule has 1 aliphatic heterocycles. The Balaban J connectivity index is 1.20. The van der Waals surface area contributed by atoms with Crippen molar-refractivity contribution in [3.05, 3.63) is 89.0 Å². The van der Waals surface area contributed by atoms with E-state index in [1.54, 1.807) is 58.8 Å². The van der Waals surface area contributed by atoms with E-state index < -0.39 is 10.0 Å². The van der Waals surface area contributed by atoms with Crippen LogP contribution in [-0.2, 0) is 10.0 Å². The van der Waals surface area contributed by atoms with Crippen LogP contribution in [0.4, 0.5) is 10.8 Å². The van der Waals surface area contributed by atoms with Crippen LogP contribution in [0.2, 0.25) is 0 Å². The van der Waals surface area contributed by atoms with Crippen molar-refractivity contribution in [2.24, 2.45) is 0 Å². The first-order valence-electron chi connectivity index (χ1n) is 11.9. The largest absolute Gasteiger partial charge is 0.345 e. The molecular weight excluding hydrogens is 586 g/mol. The monoisotopic (exact) mass is 607 g/mol. The maximum absolute atomic E-state index is 13.5. The Morgan fingerprint density at radius 1 is 0.947 bits per heavy atom. The number of para-hydroxylation sites is 2. The van der Waals surface area contributed by atoms with Gasteiger partial charge in [-0.15, -0.1) is 0 Å². The number of hydrogen-bond acceptors (Lipinski definition) is 7. The SMILES string of the molecule is O=C(c1ccccc1NS(=O)(=O)c1cccc2cccnc12)N1CCN(c2nc3ccc(Br)cc3s2)CC1. The van der Waals surface area contributed by atoms with Gasteiger partial charge >= 0.3 is 0 Å². The van der Waals surface area contributed by atoms with E-state index in [0.29, 0.717) is 37.3 Å². The van der Waals surface area contributed by atoms with Crippen molar-refractivity contribution in [1.82, 2.24) is 14.9 Å². The number of fused-ring (bicyclic) bond motifs is 2. The fraction of sp³-hybridized carbons (Fsp3) is 0.148. The van der Waals surface area contributed by atoms with E-state index in [2.05, 4.69) is 36.6 Å². The molecule has 8 nitrogen and oxygen atoms in total. The molecule has 0 atom stereocenters. The minimum Gasteiger partial charge on any atom is -0.345 e. The summed E-state index contributed by atoms with van der Waals surface area (Å²) in [6.45, 7) is 2.30. The number of nitrogens with one attached hydrogen (secondary N) is 1. The number of aromatic nitrogens is 2. The molecule has 5 aromatic rings. The van der Waals surface area contributed by atoms with Crippen molar-refractivity contribution in [3.8, 4) is 0 Å². The summed E-state index contributed by atoms with van der Waals surface area (Å²) in [4.78, 5) is 26.5. The average molecular weight is 609 g/mol. The second-order valence-corrected chi connectivity index (χ2v) is 12.4. The number of nitrogens with zero attached hydrogens (tertiary/aromatic N) is 4. The fourth-order valence-corrected chi connectivity index (χ4v) is 7.37. The third-order valence-electron chi connectivity index (χ3n) is 6.46. The molecule has 0 radical (unpaired) electrons. The second-order valence-electron chi connectivity index (χ2n) is 8.87. The van der Waals surface area contributed by atoms with E-state index in [9.17, 15) is 13.2 Å². The number of sulfonamides is 1. The molecule has 0 spiro atoms. The highest BCUT2D eigenvalue weighted by Crippen LogP contribution is 2.32. The molecule has 0 aliphatic carbocycles. The lowest BCUT2D eigenvalue weighted by molar-refractivity contribution is 0.0748. The normalized spacial score (nSPS) is 14.2. The first-order valence-corrected chi connectivity index (χ1v) is 15.0. The van der Waals surface area contributed by atoms with Gasteiger partial charge in [0.2, 0.25) is 0 Å². The topological polar surface area (TPSA) is 95.5 Å². The summed E-state index contributed by atoms with van der Waals surface area (Å²) in [6, 6.07) is 21.3. The van der Waals surface area contributed by atoms with E-state index in [1.165, 1.54) is 6.07 Å². The molecule has 11 heteroatoms. The number of anilines is 2. The molecule has 38 heavy (non-hydrogen) atoms. The lowest BCUT2D eigenvalue weighted by atomic mass is 10.1. The molecule has 6 rings (SSSR count). The number of amides is 1. The molecule has 3 heterocycles. The highest BCUT2D eigenvalue weighted by Gasteiger charge is 2.27. The van der Waals surface area contributed by atoms with Crippen LogP contribution in [0.1, 0.15) is 10.4 Å². The number of thiazole rings is 1. The molecule has 1 aliphatic rings. The minimum atomic E-state index is -3.99. The number of benzene rings is 3. The lowest BCUT2D eigenvalue weighted by Gasteiger charge is -2.34. The number of carbonyl (C=O) groups excluding carboxylic acids is 1. The molecule has 1 N–H and O–H groups in total. The second kappa shape index (κ2) is 9.97. The van der Waals surface area contributed by atoms with Crippen LogP contribution in [0.15, 0.2) is 88.4 Å². The Morgan fingerprint density at radius 2 is 1.74 bits per heavy atom. The summed E-state index contributed by atoms with van der Waals surface area (Å²) in [6.07, 6.45) is 1.56. The van der Waals surface area contributed by atoms with Crippen LogP contribution in [0.5, 0.6) is 0 Å². The van der Waals surface area contributed by atoms with E-state index in [4.69, 9.17) is 4.98 Å². The Kier molecular flexibility index (Phi) is 6.50. The quantitative estimate of drug-likeness (QED) is 0.288. The minimum absolute atomic E-state index is 0.0642. The standard InChI is InChI=1S/C27H22BrN5O3S2/c28-19-10-11-22-23(17-19)37-27(30-22)33-15-13-32(14-16-33)26(34)20-7-1-2-8-21(20)31-38(35,36)24-9-3-5-18-6-4-12-29-25(18)24/h1-12,17,31H,13-16H2. The van der Waals surface area contributed by atoms with Crippen LogP contribution in [0.25, 0.3) is 21.1 Å².